The van der Waals surface area contributed by atoms with Crippen LogP contribution in [0.2, 0.25) is 0 Å². The van der Waals surface area contributed by atoms with Crippen molar-refractivity contribution < 1.29 is 22.7 Å². The van der Waals surface area contributed by atoms with Crippen LogP contribution >= 0.6 is 0 Å². The molecule has 1 aliphatic carbocycles. The number of carbonyl (C=O) groups excluding carboxylic acids is 1. The summed E-state index contributed by atoms with van der Waals surface area (Å²) < 4.78 is 39.1. The van der Waals surface area contributed by atoms with E-state index in [0.29, 0.717) is 44.1 Å². The molecule has 31 heavy (non-hydrogen) atoms. The number of hydrogen-bond acceptors (Lipinski definition) is 5. The lowest BCUT2D eigenvalue weighted by atomic mass is 9.87. The summed E-state index contributed by atoms with van der Waals surface area (Å²) in [5, 5.41) is 3.13. The van der Waals surface area contributed by atoms with E-state index in [0.717, 1.165) is 24.8 Å². The molecule has 8 heteroatoms. The molecule has 7 nitrogen and oxygen atoms in total. The van der Waals surface area contributed by atoms with Crippen molar-refractivity contribution in [3.8, 4) is 11.5 Å². The van der Waals surface area contributed by atoms with Crippen molar-refractivity contribution in [2.75, 3.05) is 19.8 Å². The van der Waals surface area contributed by atoms with Crippen LogP contribution in [0.5, 0.6) is 11.5 Å². The molecule has 0 spiro atoms. The van der Waals surface area contributed by atoms with E-state index < -0.39 is 16.1 Å². The summed E-state index contributed by atoms with van der Waals surface area (Å²) in [7, 11) is -3.83. The Labute approximate surface area is 182 Å². The highest BCUT2D eigenvalue weighted by atomic mass is 32.2. The zero-order valence-electron chi connectivity index (χ0n) is 17.2. The maximum atomic E-state index is 13.4. The molecule has 1 amide bonds. The number of rotatable bonds is 4. The molecule has 2 aromatic rings. The first-order valence-corrected chi connectivity index (χ1v) is 12.3. The predicted molar refractivity (Wildman–Crippen MR) is 115 cm³/mol. The molecule has 0 saturated carbocycles. The fourth-order valence-electron chi connectivity index (χ4n) is 4.78. The number of hydrogen-bond donors (Lipinski definition) is 1. The van der Waals surface area contributed by atoms with E-state index in [9.17, 15) is 13.2 Å². The second kappa shape index (κ2) is 8.16. The Balaban J connectivity index is 1.36. The first-order valence-electron chi connectivity index (χ1n) is 10.8. The second-order valence-electron chi connectivity index (χ2n) is 8.23. The van der Waals surface area contributed by atoms with E-state index >= 15 is 0 Å². The standard InChI is InChI=1S/C23H26N2O5S/c26-23(24-19-8-3-6-16-5-1-2-7-18(16)19)20-9-4-12-25(20)31(27,28)17-10-11-21-22(15-17)30-14-13-29-21/h1-2,5,7,10-11,15,19-20H,3-4,6,8-9,12-14H2,(H,24,26)/t19-,20-/m0/s1. The summed E-state index contributed by atoms with van der Waals surface area (Å²) in [5.41, 5.74) is 2.40. The molecule has 2 heterocycles. The summed E-state index contributed by atoms with van der Waals surface area (Å²) >= 11 is 0. The molecule has 1 N–H and O–H groups in total. The van der Waals surface area contributed by atoms with E-state index in [2.05, 4.69) is 17.4 Å². The van der Waals surface area contributed by atoms with Gasteiger partial charge in [-0.3, -0.25) is 4.79 Å². The predicted octanol–water partition coefficient (Wildman–Crippen LogP) is 2.80. The third kappa shape index (κ3) is 3.78. The van der Waals surface area contributed by atoms with Crippen molar-refractivity contribution in [2.24, 2.45) is 0 Å². The van der Waals surface area contributed by atoms with E-state index in [4.69, 9.17) is 9.47 Å². The minimum absolute atomic E-state index is 0.0723. The number of nitrogens with zero attached hydrogens (tertiary/aromatic N) is 1. The molecule has 5 rings (SSSR count). The first-order chi connectivity index (χ1) is 15.0. The molecule has 2 atom stereocenters. The lowest BCUT2D eigenvalue weighted by Crippen LogP contribution is -2.47. The summed E-state index contributed by atoms with van der Waals surface area (Å²) in [6, 6.07) is 12.0. The largest absolute Gasteiger partial charge is 0.486 e. The number of benzene rings is 2. The van der Waals surface area contributed by atoms with Gasteiger partial charge >= 0.3 is 0 Å². The summed E-state index contributed by atoms with van der Waals surface area (Å²) in [6.45, 7) is 1.15. The van der Waals surface area contributed by atoms with Gasteiger partial charge in [-0.25, -0.2) is 8.42 Å². The van der Waals surface area contributed by atoms with Crippen molar-refractivity contribution in [3.63, 3.8) is 0 Å². The SMILES string of the molecule is O=C(N[C@H]1CCCc2ccccc21)[C@@H]1CCCN1S(=O)(=O)c1ccc2c(c1)OCCO2. The lowest BCUT2D eigenvalue weighted by molar-refractivity contribution is -0.125. The molecule has 0 aromatic heterocycles. The molecule has 164 valence electrons. The van der Waals surface area contributed by atoms with E-state index in [1.165, 1.54) is 22.0 Å². The zero-order chi connectivity index (χ0) is 21.4. The first kappa shape index (κ1) is 20.3. The fraction of sp³-hybridized carbons (Fsp3) is 0.435. The number of aryl methyl sites for hydroxylation is 1. The molecule has 0 radical (unpaired) electrons. The van der Waals surface area contributed by atoms with Crippen molar-refractivity contribution in [1.29, 1.82) is 0 Å². The Morgan fingerprint density at radius 1 is 1.00 bits per heavy atom. The number of amides is 1. The van der Waals surface area contributed by atoms with Gasteiger partial charge in [0.2, 0.25) is 15.9 Å². The molecule has 1 fully saturated rings. The summed E-state index contributed by atoms with van der Waals surface area (Å²) in [4.78, 5) is 13.3. The summed E-state index contributed by atoms with van der Waals surface area (Å²) in [5.74, 6) is 0.739. The highest BCUT2D eigenvalue weighted by molar-refractivity contribution is 7.89. The third-order valence-electron chi connectivity index (χ3n) is 6.31. The molecule has 3 aliphatic rings. The molecular formula is C23H26N2O5S. The molecule has 2 aliphatic heterocycles. The van der Waals surface area contributed by atoms with Gasteiger partial charge in [0.15, 0.2) is 11.5 Å². The van der Waals surface area contributed by atoms with Gasteiger partial charge in [-0.05, 0) is 55.4 Å². The minimum Gasteiger partial charge on any atom is -0.486 e. The highest BCUT2D eigenvalue weighted by Gasteiger charge is 2.40. The fourth-order valence-corrected chi connectivity index (χ4v) is 6.45. The lowest BCUT2D eigenvalue weighted by Gasteiger charge is -2.29. The molecule has 1 saturated heterocycles. The zero-order valence-corrected chi connectivity index (χ0v) is 18.1. The van der Waals surface area contributed by atoms with Crippen LogP contribution in [-0.4, -0.2) is 44.4 Å². The van der Waals surface area contributed by atoms with Gasteiger partial charge in [0.1, 0.15) is 19.3 Å². The quantitative estimate of drug-likeness (QED) is 0.787. The van der Waals surface area contributed by atoms with Crippen molar-refractivity contribution >= 4 is 15.9 Å². The molecule has 0 unspecified atom stereocenters. The number of sulfonamides is 1. The number of nitrogens with one attached hydrogen (secondary N) is 1. The second-order valence-corrected chi connectivity index (χ2v) is 10.1. The molecule has 0 bridgehead atoms. The van der Waals surface area contributed by atoms with Crippen LogP contribution in [0.15, 0.2) is 47.4 Å². The van der Waals surface area contributed by atoms with Crippen molar-refractivity contribution in [3.05, 3.63) is 53.6 Å². The van der Waals surface area contributed by atoms with Crippen LogP contribution in [0.3, 0.4) is 0 Å². The van der Waals surface area contributed by atoms with Gasteiger partial charge in [0, 0.05) is 12.6 Å². The number of ether oxygens (including phenoxy) is 2. The van der Waals surface area contributed by atoms with Gasteiger partial charge in [-0.2, -0.15) is 4.31 Å². The Hall–Kier alpha value is -2.58. The maximum absolute atomic E-state index is 13.4. The minimum atomic E-state index is -3.83. The Bertz CT molecular complexity index is 1100. The van der Waals surface area contributed by atoms with Crippen LogP contribution < -0.4 is 14.8 Å². The Morgan fingerprint density at radius 2 is 1.81 bits per heavy atom. The van der Waals surface area contributed by atoms with Crippen molar-refractivity contribution in [2.45, 2.75) is 49.1 Å². The molecule has 2 aromatic carbocycles. The maximum Gasteiger partial charge on any atom is 0.243 e. The van der Waals surface area contributed by atoms with Gasteiger partial charge in [-0.15, -0.1) is 0 Å². The summed E-state index contributed by atoms with van der Waals surface area (Å²) in [6.07, 6.45) is 4.06. The topological polar surface area (TPSA) is 84.9 Å². The van der Waals surface area contributed by atoms with E-state index in [1.54, 1.807) is 6.07 Å². The van der Waals surface area contributed by atoms with Crippen LogP contribution in [-0.2, 0) is 21.2 Å². The van der Waals surface area contributed by atoms with Gasteiger partial charge in [-0.1, -0.05) is 24.3 Å². The Morgan fingerprint density at radius 3 is 2.68 bits per heavy atom. The van der Waals surface area contributed by atoms with E-state index in [-0.39, 0.29) is 16.8 Å². The number of fused-ring (bicyclic) bond motifs is 2. The van der Waals surface area contributed by atoms with Crippen LogP contribution in [0.25, 0.3) is 0 Å². The van der Waals surface area contributed by atoms with Crippen LogP contribution in [0.4, 0.5) is 0 Å². The number of carbonyl (C=O) groups is 1. The molecular weight excluding hydrogens is 416 g/mol. The smallest absolute Gasteiger partial charge is 0.243 e. The van der Waals surface area contributed by atoms with Gasteiger partial charge in [0.05, 0.1) is 10.9 Å². The average Bonchev–Trinajstić information content (AvgIpc) is 3.30. The van der Waals surface area contributed by atoms with Crippen molar-refractivity contribution in [1.82, 2.24) is 9.62 Å². The third-order valence-corrected chi connectivity index (χ3v) is 8.22. The van der Waals surface area contributed by atoms with Crippen LogP contribution in [0.1, 0.15) is 42.9 Å². The average molecular weight is 443 g/mol. The Kier molecular flexibility index (Phi) is 5.35. The van der Waals surface area contributed by atoms with Gasteiger partial charge < -0.3 is 14.8 Å². The van der Waals surface area contributed by atoms with Crippen LogP contribution in [0, 0.1) is 0 Å². The monoisotopic (exact) mass is 442 g/mol. The van der Waals surface area contributed by atoms with Gasteiger partial charge in [0.25, 0.3) is 0 Å². The normalized spacial score (nSPS) is 23.2. The highest BCUT2D eigenvalue weighted by Crippen LogP contribution is 2.35. The van der Waals surface area contributed by atoms with E-state index in [1.807, 2.05) is 12.1 Å².